The molecule has 0 bridgehead atoms. The number of nitrogens with one attached hydrogen (secondary N) is 3. The molecule has 0 spiro atoms. The molecule has 3 N–H and O–H groups in total. The average molecular weight is 268 g/mol. The van der Waals surface area contributed by atoms with Gasteiger partial charge in [-0.05, 0) is 19.9 Å². The van der Waals surface area contributed by atoms with Crippen molar-refractivity contribution in [2.45, 2.75) is 31.2 Å². The summed E-state index contributed by atoms with van der Waals surface area (Å²) in [5.74, 6) is 0.328. The summed E-state index contributed by atoms with van der Waals surface area (Å²) in [5, 5.41) is 12.1. The second-order valence-electron chi connectivity index (χ2n) is 4.65. The molecule has 1 aliphatic rings. The van der Waals surface area contributed by atoms with Crippen LogP contribution in [0.15, 0.2) is 12.3 Å². The lowest BCUT2D eigenvalue weighted by Crippen LogP contribution is -2.57. The fourth-order valence-corrected chi connectivity index (χ4v) is 2.57. The van der Waals surface area contributed by atoms with Crippen molar-refractivity contribution in [2.75, 3.05) is 5.75 Å². The number of hydrogen-bond acceptors (Lipinski definition) is 4. The summed E-state index contributed by atoms with van der Waals surface area (Å²) in [4.78, 5) is 23.6. The maximum absolute atomic E-state index is 11.9. The Morgan fingerprint density at radius 1 is 1.67 bits per heavy atom. The Labute approximate surface area is 109 Å². The van der Waals surface area contributed by atoms with Crippen LogP contribution in [0.25, 0.3) is 0 Å². The summed E-state index contributed by atoms with van der Waals surface area (Å²) in [5.41, 5.74) is 0.832. The summed E-state index contributed by atoms with van der Waals surface area (Å²) in [7, 11) is 0. The van der Waals surface area contributed by atoms with Crippen molar-refractivity contribution >= 4 is 23.6 Å². The predicted molar refractivity (Wildman–Crippen MR) is 68.9 cm³/mol. The lowest BCUT2D eigenvalue weighted by molar-refractivity contribution is -0.129. The van der Waals surface area contributed by atoms with Crippen molar-refractivity contribution < 1.29 is 9.59 Å². The highest BCUT2D eigenvalue weighted by atomic mass is 32.2. The number of carbonyl (C=O) groups is 2. The van der Waals surface area contributed by atoms with Crippen molar-refractivity contribution in [3.05, 3.63) is 18.0 Å². The van der Waals surface area contributed by atoms with E-state index in [2.05, 4.69) is 20.8 Å². The van der Waals surface area contributed by atoms with E-state index in [-0.39, 0.29) is 11.8 Å². The molecule has 0 unspecified atom stereocenters. The van der Waals surface area contributed by atoms with E-state index >= 15 is 0 Å². The molecule has 6 nitrogen and oxygen atoms in total. The van der Waals surface area contributed by atoms with E-state index in [0.717, 1.165) is 5.69 Å². The first kappa shape index (κ1) is 12.9. The Bertz CT molecular complexity index is 444. The highest BCUT2D eigenvalue weighted by Crippen LogP contribution is 2.28. The fourth-order valence-electron chi connectivity index (χ4n) is 1.56. The molecule has 1 aromatic rings. The number of H-pyrrole nitrogens is 1. The van der Waals surface area contributed by atoms with Gasteiger partial charge in [0.25, 0.3) is 0 Å². The minimum absolute atomic E-state index is 0.0968. The summed E-state index contributed by atoms with van der Waals surface area (Å²) >= 11 is 1.50. The molecule has 1 fully saturated rings. The maximum Gasteiger partial charge on any atom is 0.243 e. The van der Waals surface area contributed by atoms with E-state index in [9.17, 15) is 9.59 Å². The smallest absolute Gasteiger partial charge is 0.243 e. The van der Waals surface area contributed by atoms with Crippen LogP contribution in [0, 0.1) is 0 Å². The second kappa shape index (κ2) is 5.01. The molecule has 2 rings (SSSR count). The van der Waals surface area contributed by atoms with E-state index in [0.29, 0.717) is 12.3 Å². The number of amides is 2. The Morgan fingerprint density at radius 2 is 2.44 bits per heavy atom. The molecule has 1 aromatic heterocycles. The van der Waals surface area contributed by atoms with Crippen LogP contribution < -0.4 is 10.6 Å². The van der Waals surface area contributed by atoms with Crippen molar-refractivity contribution in [2.24, 2.45) is 0 Å². The topological polar surface area (TPSA) is 86.9 Å². The molecule has 2 heterocycles. The first-order chi connectivity index (χ1) is 8.49. The van der Waals surface area contributed by atoms with Gasteiger partial charge < -0.3 is 10.6 Å². The first-order valence-electron chi connectivity index (χ1n) is 5.70. The van der Waals surface area contributed by atoms with Crippen LogP contribution in [-0.4, -0.2) is 38.6 Å². The van der Waals surface area contributed by atoms with Gasteiger partial charge in [-0.15, -0.1) is 11.8 Å². The predicted octanol–water partition coefficient (Wildman–Crippen LogP) is 0.0361. The molecule has 1 atom stereocenters. The number of nitrogens with zero attached hydrogens (tertiary/aromatic N) is 1. The molecule has 0 aromatic carbocycles. The van der Waals surface area contributed by atoms with Crippen LogP contribution in [0.4, 0.5) is 0 Å². The van der Waals surface area contributed by atoms with Crippen LogP contribution in [0.2, 0.25) is 0 Å². The van der Waals surface area contributed by atoms with E-state index in [1.165, 1.54) is 11.8 Å². The third-order valence-electron chi connectivity index (χ3n) is 2.79. The number of rotatable bonds is 3. The summed E-state index contributed by atoms with van der Waals surface area (Å²) in [6.07, 6.45) is 1.63. The van der Waals surface area contributed by atoms with Gasteiger partial charge >= 0.3 is 0 Å². The van der Waals surface area contributed by atoms with Gasteiger partial charge in [-0.25, -0.2) is 0 Å². The number of thioether (sulfide) groups is 1. The largest absolute Gasteiger partial charge is 0.349 e. The van der Waals surface area contributed by atoms with Gasteiger partial charge in [0.05, 0.1) is 17.0 Å². The quantitative estimate of drug-likeness (QED) is 0.722. The van der Waals surface area contributed by atoms with Gasteiger partial charge in [-0.1, -0.05) is 0 Å². The Hall–Kier alpha value is -1.50. The van der Waals surface area contributed by atoms with Crippen LogP contribution in [0.3, 0.4) is 0 Å². The van der Waals surface area contributed by atoms with Gasteiger partial charge in [0.15, 0.2) is 0 Å². The number of aromatic amines is 1. The molecule has 0 saturated carbocycles. The third-order valence-corrected chi connectivity index (χ3v) is 4.20. The van der Waals surface area contributed by atoms with Crippen LogP contribution in [0.5, 0.6) is 0 Å². The molecule has 1 saturated heterocycles. The number of carbonyl (C=O) groups excluding carboxylic acids is 2. The van der Waals surface area contributed by atoms with Gasteiger partial charge in [0, 0.05) is 11.9 Å². The van der Waals surface area contributed by atoms with Gasteiger partial charge in [0.1, 0.15) is 6.04 Å². The molecular formula is C11H16N4O2S. The summed E-state index contributed by atoms with van der Waals surface area (Å²) < 4.78 is -0.458. The van der Waals surface area contributed by atoms with E-state index < -0.39 is 10.8 Å². The van der Waals surface area contributed by atoms with Gasteiger partial charge in [-0.3, -0.25) is 14.7 Å². The van der Waals surface area contributed by atoms with Crippen LogP contribution in [0.1, 0.15) is 19.5 Å². The standard InChI is InChI=1S/C11H16N4O2S/c1-11(2)10(17)14-8(6-18-11)9(16)12-5-7-3-4-13-15-7/h3-4,8H,5-6H2,1-2H3,(H,12,16)(H,13,15)(H,14,17)/t8-/m1/s1. The molecule has 1 aliphatic heterocycles. The normalized spacial score (nSPS) is 22.3. The second-order valence-corrected chi connectivity index (χ2v) is 6.29. The molecule has 0 aliphatic carbocycles. The highest BCUT2D eigenvalue weighted by Gasteiger charge is 2.37. The lowest BCUT2D eigenvalue weighted by atomic mass is 10.1. The lowest BCUT2D eigenvalue weighted by Gasteiger charge is -2.32. The zero-order valence-electron chi connectivity index (χ0n) is 10.3. The maximum atomic E-state index is 11.9. The van der Waals surface area contributed by atoms with E-state index in [4.69, 9.17) is 0 Å². The first-order valence-corrected chi connectivity index (χ1v) is 6.68. The van der Waals surface area contributed by atoms with Crippen molar-refractivity contribution in [3.63, 3.8) is 0 Å². The Balaban J connectivity index is 1.85. The highest BCUT2D eigenvalue weighted by molar-refractivity contribution is 8.01. The monoisotopic (exact) mass is 268 g/mol. The fraction of sp³-hybridized carbons (Fsp3) is 0.545. The molecule has 0 radical (unpaired) electrons. The summed E-state index contributed by atoms with van der Waals surface area (Å²) in [6.45, 7) is 4.09. The van der Waals surface area contributed by atoms with E-state index in [1.807, 2.05) is 13.8 Å². The number of hydrogen-bond donors (Lipinski definition) is 3. The molecule has 2 amide bonds. The van der Waals surface area contributed by atoms with Gasteiger partial charge in [0.2, 0.25) is 11.8 Å². The van der Waals surface area contributed by atoms with Crippen LogP contribution >= 0.6 is 11.8 Å². The molecular weight excluding hydrogens is 252 g/mol. The average Bonchev–Trinajstić information content (AvgIpc) is 2.82. The minimum atomic E-state index is -0.460. The molecule has 18 heavy (non-hydrogen) atoms. The molecule has 7 heteroatoms. The zero-order chi connectivity index (χ0) is 13.2. The van der Waals surface area contributed by atoms with Crippen molar-refractivity contribution in [1.29, 1.82) is 0 Å². The third kappa shape index (κ3) is 2.84. The van der Waals surface area contributed by atoms with Gasteiger partial charge in [-0.2, -0.15) is 5.10 Å². The Morgan fingerprint density at radius 3 is 3.06 bits per heavy atom. The van der Waals surface area contributed by atoms with E-state index in [1.54, 1.807) is 12.3 Å². The zero-order valence-corrected chi connectivity index (χ0v) is 11.1. The molecule has 98 valence electrons. The van der Waals surface area contributed by atoms with Crippen LogP contribution in [-0.2, 0) is 16.1 Å². The van der Waals surface area contributed by atoms with Crippen molar-refractivity contribution in [1.82, 2.24) is 20.8 Å². The SMILES string of the molecule is CC1(C)SC[C@H](C(=O)NCc2ccn[nH]2)NC1=O. The Kier molecular flexibility index (Phi) is 3.60. The summed E-state index contributed by atoms with van der Waals surface area (Å²) in [6, 6.07) is 1.33. The minimum Gasteiger partial charge on any atom is -0.349 e. The van der Waals surface area contributed by atoms with Crippen molar-refractivity contribution in [3.8, 4) is 0 Å². The number of aromatic nitrogens is 2.